The van der Waals surface area contributed by atoms with Gasteiger partial charge in [0.05, 0.1) is 11.2 Å². The van der Waals surface area contributed by atoms with Crippen molar-refractivity contribution in [3.63, 3.8) is 0 Å². The fourth-order valence-electron chi connectivity index (χ4n) is 3.20. The van der Waals surface area contributed by atoms with Crippen molar-refractivity contribution in [3.8, 4) is 0 Å². The van der Waals surface area contributed by atoms with Crippen LogP contribution in [0.2, 0.25) is 0 Å². The average Bonchev–Trinajstić information content (AvgIpc) is 2.58. The van der Waals surface area contributed by atoms with Crippen LogP contribution in [0.3, 0.4) is 0 Å². The van der Waals surface area contributed by atoms with Crippen molar-refractivity contribution in [2.45, 2.75) is 25.3 Å². The fourth-order valence-corrected chi connectivity index (χ4v) is 3.81. The van der Waals surface area contributed by atoms with E-state index >= 15 is 8.78 Å². The molecule has 2 aromatic carbocycles. The Kier molecular flexibility index (Phi) is 3.55. The van der Waals surface area contributed by atoms with Crippen LogP contribution in [0.5, 0.6) is 0 Å². The normalized spacial score (nSPS) is 17.9. The number of pyridine rings is 1. The third-order valence-corrected chi connectivity index (χ3v) is 5.28. The minimum Gasteiger partial charge on any atom is -0.271 e. The first-order chi connectivity index (χ1) is 11.8. The van der Waals surface area contributed by atoms with Crippen molar-refractivity contribution in [1.82, 2.24) is 4.98 Å². The highest BCUT2D eigenvalue weighted by Crippen LogP contribution is 2.49. The minimum atomic E-state index is -3.07. The van der Waals surface area contributed by atoms with Gasteiger partial charge < -0.3 is 0 Å². The molecule has 0 saturated heterocycles. The molecular weight excluding hydrogens is 386 g/mol. The molecule has 25 heavy (non-hydrogen) atoms. The number of alkyl halides is 2. The summed E-state index contributed by atoms with van der Waals surface area (Å²) < 4.78 is 30.5. The average molecular weight is 401 g/mol. The number of aliphatic imine (C=N–C) groups is 1. The van der Waals surface area contributed by atoms with Crippen LogP contribution in [0.25, 0.3) is 10.9 Å². The first kappa shape index (κ1) is 16.3. The molecule has 2 heterocycles. The van der Waals surface area contributed by atoms with Crippen LogP contribution in [0.1, 0.15) is 30.5 Å². The summed E-state index contributed by atoms with van der Waals surface area (Å²) in [4.78, 5) is 8.76. The number of aromatic nitrogens is 1. The standard InChI is InChI=1S/C20H15BrF2N2/c1-19(2)20(22,23)17-14(6-3-7-15(17)21)18(25-19)13-8-9-16-12(11-13)5-4-10-24-16/h3-11H,1-2H3. The molecular formula is C20H15BrF2N2. The summed E-state index contributed by atoms with van der Waals surface area (Å²) in [6, 6.07) is 14.7. The molecule has 3 aromatic rings. The number of hydrogen-bond donors (Lipinski definition) is 0. The highest BCUT2D eigenvalue weighted by atomic mass is 79.9. The molecule has 4 rings (SSSR count). The molecule has 0 amide bonds. The van der Waals surface area contributed by atoms with Gasteiger partial charge in [0.25, 0.3) is 5.92 Å². The topological polar surface area (TPSA) is 25.2 Å². The molecule has 2 nitrogen and oxygen atoms in total. The summed E-state index contributed by atoms with van der Waals surface area (Å²) in [6.07, 6.45) is 1.73. The van der Waals surface area contributed by atoms with E-state index in [0.717, 1.165) is 16.5 Å². The van der Waals surface area contributed by atoms with Gasteiger partial charge >= 0.3 is 0 Å². The second-order valence-electron chi connectivity index (χ2n) is 6.67. The number of hydrogen-bond acceptors (Lipinski definition) is 2. The van der Waals surface area contributed by atoms with Crippen molar-refractivity contribution in [2.75, 3.05) is 0 Å². The number of halogens is 3. The molecule has 1 aliphatic heterocycles. The maximum atomic E-state index is 15.0. The summed E-state index contributed by atoms with van der Waals surface area (Å²) in [6.45, 7) is 2.94. The van der Waals surface area contributed by atoms with Crippen molar-refractivity contribution in [2.24, 2.45) is 4.99 Å². The van der Waals surface area contributed by atoms with Crippen molar-refractivity contribution < 1.29 is 8.78 Å². The zero-order valence-corrected chi connectivity index (χ0v) is 15.3. The van der Waals surface area contributed by atoms with Crippen LogP contribution >= 0.6 is 15.9 Å². The summed E-state index contributed by atoms with van der Waals surface area (Å²) in [5, 5.41) is 0.953. The molecule has 0 bridgehead atoms. The Balaban J connectivity index is 2.00. The quantitative estimate of drug-likeness (QED) is 0.512. The number of rotatable bonds is 1. The zero-order chi connectivity index (χ0) is 17.8. The van der Waals surface area contributed by atoms with E-state index in [1.165, 1.54) is 13.8 Å². The highest BCUT2D eigenvalue weighted by molar-refractivity contribution is 9.10. The van der Waals surface area contributed by atoms with Crippen LogP contribution in [0.15, 0.2) is 64.2 Å². The Bertz CT molecular complexity index is 1030. The summed E-state index contributed by atoms with van der Waals surface area (Å²) in [7, 11) is 0. The van der Waals surface area contributed by atoms with Gasteiger partial charge in [-0.05, 0) is 38.1 Å². The second-order valence-corrected chi connectivity index (χ2v) is 7.52. The zero-order valence-electron chi connectivity index (χ0n) is 13.7. The van der Waals surface area contributed by atoms with Gasteiger partial charge in [0.15, 0.2) is 0 Å². The van der Waals surface area contributed by atoms with Crippen molar-refractivity contribution in [1.29, 1.82) is 0 Å². The maximum Gasteiger partial charge on any atom is 0.299 e. The monoisotopic (exact) mass is 400 g/mol. The lowest BCUT2D eigenvalue weighted by atomic mass is 9.81. The number of fused-ring (bicyclic) bond motifs is 2. The molecule has 0 radical (unpaired) electrons. The lowest BCUT2D eigenvalue weighted by molar-refractivity contribution is -0.0688. The second kappa shape index (κ2) is 5.43. The van der Waals surface area contributed by atoms with Gasteiger partial charge in [-0.1, -0.05) is 40.2 Å². The van der Waals surface area contributed by atoms with Crippen LogP contribution in [0.4, 0.5) is 8.78 Å². The lowest BCUT2D eigenvalue weighted by Gasteiger charge is -2.37. The van der Waals surface area contributed by atoms with Gasteiger partial charge in [0.2, 0.25) is 0 Å². The summed E-state index contributed by atoms with van der Waals surface area (Å²) in [5.41, 5.74) is 1.17. The van der Waals surface area contributed by atoms with E-state index in [9.17, 15) is 0 Å². The van der Waals surface area contributed by atoms with Crippen molar-refractivity contribution >= 4 is 32.5 Å². The minimum absolute atomic E-state index is 0.00344. The Hall–Kier alpha value is -2.14. The van der Waals surface area contributed by atoms with Gasteiger partial charge in [-0.3, -0.25) is 9.98 Å². The third-order valence-electron chi connectivity index (χ3n) is 4.62. The molecule has 5 heteroatoms. The molecule has 0 unspecified atom stereocenters. The molecule has 126 valence electrons. The highest BCUT2D eigenvalue weighted by Gasteiger charge is 2.53. The fraction of sp³-hybridized carbons (Fsp3) is 0.200. The smallest absolute Gasteiger partial charge is 0.271 e. The molecule has 1 aromatic heterocycles. The van der Waals surface area contributed by atoms with Crippen LogP contribution in [-0.4, -0.2) is 16.2 Å². The van der Waals surface area contributed by atoms with Gasteiger partial charge in [-0.2, -0.15) is 8.78 Å². The molecule has 1 aliphatic rings. The molecule has 0 spiro atoms. The lowest BCUT2D eigenvalue weighted by Crippen LogP contribution is -2.44. The van der Waals surface area contributed by atoms with Crippen LogP contribution in [-0.2, 0) is 5.92 Å². The largest absolute Gasteiger partial charge is 0.299 e. The van der Waals surface area contributed by atoms with Gasteiger partial charge in [0.1, 0.15) is 5.54 Å². The van der Waals surface area contributed by atoms with E-state index in [1.54, 1.807) is 24.4 Å². The first-order valence-electron chi connectivity index (χ1n) is 7.93. The van der Waals surface area contributed by atoms with Crippen LogP contribution < -0.4 is 0 Å². The predicted molar refractivity (Wildman–Crippen MR) is 99.5 cm³/mol. The van der Waals surface area contributed by atoms with E-state index in [-0.39, 0.29) is 5.56 Å². The van der Waals surface area contributed by atoms with Crippen molar-refractivity contribution in [3.05, 3.63) is 75.9 Å². The number of nitrogens with zero attached hydrogens (tertiary/aromatic N) is 2. The first-order valence-corrected chi connectivity index (χ1v) is 8.73. The molecule has 0 aliphatic carbocycles. The Labute approximate surface area is 152 Å². The predicted octanol–water partition coefficient (Wildman–Crippen LogP) is 5.72. The van der Waals surface area contributed by atoms with E-state index in [0.29, 0.717) is 15.7 Å². The van der Waals surface area contributed by atoms with E-state index in [2.05, 4.69) is 25.9 Å². The SMILES string of the molecule is CC1(C)N=C(c2ccc3ncccc3c2)c2cccc(Br)c2C1(F)F. The Morgan fingerprint density at radius 1 is 1.00 bits per heavy atom. The number of benzene rings is 2. The third kappa shape index (κ3) is 2.41. The maximum absolute atomic E-state index is 15.0. The summed E-state index contributed by atoms with van der Waals surface area (Å²) >= 11 is 3.30. The van der Waals surface area contributed by atoms with Gasteiger partial charge in [0, 0.05) is 32.7 Å². The van der Waals surface area contributed by atoms with E-state index < -0.39 is 11.5 Å². The molecule has 0 fully saturated rings. The molecule has 0 saturated carbocycles. The Morgan fingerprint density at radius 3 is 2.60 bits per heavy atom. The Morgan fingerprint density at radius 2 is 1.80 bits per heavy atom. The molecule has 0 N–H and O–H groups in total. The van der Waals surface area contributed by atoms with Gasteiger partial charge in [-0.25, -0.2) is 0 Å². The summed E-state index contributed by atoms with van der Waals surface area (Å²) in [5.74, 6) is -3.07. The molecule has 0 atom stereocenters. The van der Waals surface area contributed by atoms with E-state index in [1.807, 2.05) is 30.3 Å². The van der Waals surface area contributed by atoms with E-state index in [4.69, 9.17) is 0 Å². The van der Waals surface area contributed by atoms with Gasteiger partial charge in [-0.15, -0.1) is 0 Å². The van der Waals surface area contributed by atoms with Crippen LogP contribution in [0, 0.1) is 0 Å².